The van der Waals surface area contributed by atoms with Gasteiger partial charge in [-0.25, -0.2) is 4.98 Å². The summed E-state index contributed by atoms with van der Waals surface area (Å²) in [6.45, 7) is 7.07. The van der Waals surface area contributed by atoms with Crippen LogP contribution in [0.5, 0.6) is 0 Å². The van der Waals surface area contributed by atoms with E-state index in [1.165, 1.54) is 42.0 Å². The van der Waals surface area contributed by atoms with Gasteiger partial charge in [-0.05, 0) is 33.7 Å². The van der Waals surface area contributed by atoms with E-state index in [9.17, 15) is 0 Å². The van der Waals surface area contributed by atoms with Gasteiger partial charge in [0.05, 0.1) is 10.7 Å². The van der Waals surface area contributed by atoms with E-state index in [2.05, 4.69) is 46.4 Å². The Morgan fingerprint density at radius 2 is 1.88 bits per heavy atom. The van der Waals surface area contributed by atoms with Crippen LogP contribution in [-0.4, -0.2) is 55.6 Å². The number of aliphatic imine (C=N–C) groups is 1. The van der Waals surface area contributed by atoms with Crippen LogP contribution in [0.2, 0.25) is 0 Å². The Morgan fingerprint density at radius 3 is 2.48 bits per heavy atom. The van der Waals surface area contributed by atoms with Gasteiger partial charge in [0, 0.05) is 44.0 Å². The number of hydrogen-bond donors (Lipinski definition) is 2. The molecule has 144 valence electrons. The first-order chi connectivity index (χ1) is 11.6. The fourth-order valence-corrected chi connectivity index (χ4v) is 4.14. The summed E-state index contributed by atoms with van der Waals surface area (Å²) < 4.78 is 0. The first-order valence-electron chi connectivity index (χ1n) is 9.18. The molecule has 1 aromatic rings. The maximum atomic E-state index is 4.58. The molecule has 2 rings (SSSR count). The lowest BCUT2D eigenvalue weighted by Crippen LogP contribution is -2.43. The molecule has 0 atom stereocenters. The molecule has 1 aromatic heterocycles. The van der Waals surface area contributed by atoms with Crippen LogP contribution >= 0.6 is 35.3 Å². The summed E-state index contributed by atoms with van der Waals surface area (Å²) in [6.07, 6.45) is 7.86. The van der Waals surface area contributed by atoms with E-state index < -0.39 is 0 Å². The molecular weight excluding hydrogens is 445 g/mol. The highest BCUT2D eigenvalue weighted by molar-refractivity contribution is 14.0. The Balaban J connectivity index is 0.00000312. The first kappa shape index (κ1) is 22.6. The number of likely N-dealkylation sites (N-methyl/N-ethyl adjacent to an activating group) is 1. The van der Waals surface area contributed by atoms with Gasteiger partial charge in [-0.2, -0.15) is 0 Å². The quantitative estimate of drug-likeness (QED) is 0.358. The predicted octanol–water partition coefficient (Wildman–Crippen LogP) is 3.35. The lowest BCUT2D eigenvalue weighted by Gasteiger charge is -2.31. The molecule has 0 radical (unpaired) electrons. The van der Waals surface area contributed by atoms with Crippen molar-refractivity contribution in [3.05, 3.63) is 15.6 Å². The Morgan fingerprint density at radius 1 is 1.20 bits per heavy atom. The van der Waals surface area contributed by atoms with Crippen molar-refractivity contribution in [1.82, 2.24) is 20.5 Å². The second kappa shape index (κ2) is 12.1. The highest BCUT2D eigenvalue weighted by Gasteiger charge is 2.17. The summed E-state index contributed by atoms with van der Waals surface area (Å²) in [5, 5.41) is 8.01. The minimum Gasteiger partial charge on any atom is -0.356 e. The molecule has 2 N–H and O–H groups in total. The SMILES string of the molecule is CN=C(NCCc1nc(C)c(C)s1)NCCN(C)C1CCCCC1.I. The number of halogens is 1. The van der Waals surface area contributed by atoms with Crippen LogP contribution in [0.25, 0.3) is 0 Å². The van der Waals surface area contributed by atoms with E-state index in [0.717, 1.165) is 43.8 Å². The average Bonchev–Trinajstić information content (AvgIpc) is 2.92. The lowest BCUT2D eigenvalue weighted by atomic mass is 9.94. The van der Waals surface area contributed by atoms with Crippen LogP contribution in [-0.2, 0) is 6.42 Å². The highest BCUT2D eigenvalue weighted by atomic mass is 127. The molecular formula is C18H34IN5S. The molecule has 0 aromatic carbocycles. The van der Waals surface area contributed by atoms with E-state index in [-0.39, 0.29) is 24.0 Å². The lowest BCUT2D eigenvalue weighted by molar-refractivity contribution is 0.194. The predicted molar refractivity (Wildman–Crippen MR) is 120 cm³/mol. The normalized spacial score (nSPS) is 16.0. The van der Waals surface area contributed by atoms with Crippen LogP contribution in [0.4, 0.5) is 0 Å². The Kier molecular flexibility index (Phi) is 10.9. The molecule has 1 heterocycles. The standard InChI is InChI=1S/C18H33N5S.HI/c1-14-15(2)24-17(22-14)10-11-20-18(19-3)21-12-13-23(4)16-8-6-5-7-9-16;/h16H,5-13H2,1-4H3,(H2,19,20,21);1H. The molecule has 1 aliphatic rings. The van der Waals surface area contributed by atoms with E-state index in [4.69, 9.17) is 0 Å². The van der Waals surface area contributed by atoms with Gasteiger partial charge >= 0.3 is 0 Å². The topological polar surface area (TPSA) is 52.6 Å². The molecule has 1 aliphatic carbocycles. The van der Waals surface area contributed by atoms with Crippen molar-refractivity contribution in [3.8, 4) is 0 Å². The number of aryl methyl sites for hydroxylation is 2. The van der Waals surface area contributed by atoms with Crippen molar-refractivity contribution in [3.63, 3.8) is 0 Å². The second-order valence-electron chi connectivity index (χ2n) is 6.70. The van der Waals surface area contributed by atoms with Gasteiger partial charge in [0.25, 0.3) is 0 Å². The van der Waals surface area contributed by atoms with E-state index in [1.54, 1.807) is 11.3 Å². The molecule has 0 unspecified atom stereocenters. The van der Waals surface area contributed by atoms with Gasteiger partial charge in [-0.3, -0.25) is 4.99 Å². The van der Waals surface area contributed by atoms with Crippen LogP contribution in [0.15, 0.2) is 4.99 Å². The number of nitrogens with zero attached hydrogens (tertiary/aromatic N) is 3. The van der Waals surface area contributed by atoms with Crippen molar-refractivity contribution in [2.24, 2.45) is 4.99 Å². The Bertz CT molecular complexity index is 506. The molecule has 5 nitrogen and oxygen atoms in total. The molecule has 0 saturated heterocycles. The molecule has 1 saturated carbocycles. The Hall–Kier alpha value is -0.410. The number of thiazole rings is 1. The second-order valence-corrected chi connectivity index (χ2v) is 7.99. The molecule has 25 heavy (non-hydrogen) atoms. The number of aromatic nitrogens is 1. The van der Waals surface area contributed by atoms with Crippen molar-refractivity contribution in [1.29, 1.82) is 0 Å². The van der Waals surface area contributed by atoms with E-state index in [0.29, 0.717) is 0 Å². The van der Waals surface area contributed by atoms with Gasteiger partial charge in [-0.15, -0.1) is 35.3 Å². The molecule has 0 amide bonds. The summed E-state index contributed by atoms with van der Waals surface area (Å²) in [5.74, 6) is 0.886. The largest absolute Gasteiger partial charge is 0.356 e. The molecule has 0 bridgehead atoms. The van der Waals surface area contributed by atoms with Crippen molar-refractivity contribution < 1.29 is 0 Å². The number of nitrogens with one attached hydrogen (secondary N) is 2. The van der Waals surface area contributed by atoms with Crippen LogP contribution in [0.1, 0.15) is 47.7 Å². The zero-order valence-electron chi connectivity index (χ0n) is 16.1. The number of rotatable bonds is 7. The van der Waals surface area contributed by atoms with Gasteiger partial charge in [0.2, 0.25) is 0 Å². The molecule has 0 aliphatic heterocycles. The zero-order valence-corrected chi connectivity index (χ0v) is 19.2. The third-order valence-electron chi connectivity index (χ3n) is 4.88. The van der Waals surface area contributed by atoms with Gasteiger partial charge in [0.15, 0.2) is 5.96 Å². The van der Waals surface area contributed by atoms with Crippen molar-refractivity contribution >= 4 is 41.3 Å². The summed E-state index contributed by atoms with van der Waals surface area (Å²) in [7, 11) is 4.08. The average molecular weight is 479 g/mol. The maximum Gasteiger partial charge on any atom is 0.191 e. The van der Waals surface area contributed by atoms with Crippen LogP contribution in [0, 0.1) is 13.8 Å². The Labute approximate surface area is 174 Å². The van der Waals surface area contributed by atoms with Crippen molar-refractivity contribution in [2.45, 2.75) is 58.4 Å². The molecule has 7 heteroatoms. The zero-order chi connectivity index (χ0) is 17.4. The number of guanidine groups is 1. The highest BCUT2D eigenvalue weighted by Crippen LogP contribution is 2.21. The third kappa shape index (κ3) is 7.78. The number of hydrogen-bond acceptors (Lipinski definition) is 4. The first-order valence-corrected chi connectivity index (χ1v) is 9.99. The van der Waals surface area contributed by atoms with Gasteiger partial charge in [0.1, 0.15) is 0 Å². The van der Waals surface area contributed by atoms with Crippen LogP contribution < -0.4 is 10.6 Å². The van der Waals surface area contributed by atoms with Gasteiger partial charge in [-0.1, -0.05) is 19.3 Å². The van der Waals surface area contributed by atoms with E-state index >= 15 is 0 Å². The monoisotopic (exact) mass is 479 g/mol. The van der Waals surface area contributed by atoms with Crippen LogP contribution in [0.3, 0.4) is 0 Å². The minimum absolute atomic E-state index is 0. The molecule has 1 fully saturated rings. The summed E-state index contributed by atoms with van der Waals surface area (Å²) >= 11 is 1.79. The third-order valence-corrected chi connectivity index (χ3v) is 6.02. The van der Waals surface area contributed by atoms with E-state index in [1.807, 2.05) is 7.05 Å². The fourth-order valence-electron chi connectivity index (χ4n) is 3.21. The van der Waals surface area contributed by atoms with Crippen molar-refractivity contribution in [2.75, 3.05) is 33.7 Å². The summed E-state index contributed by atoms with van der Waals surface area (Å²) in [5.41, 5.74) is 1.16. The van der Waals surface area contributed by atoms with Gasteiger partial charge < -0.3 is 15.5 Å². The summed E-state index contributed by atoms with van der Waals surface area (Å²) in [4.78, 5) is 12.7. The smallest absolute Gasteiger partial charge is 0.191 e. The fraction of sp³-hybridized carbons (Fsp3) is 0.778. The maximum absolute atomic E-state index is 4.58. The summed E-state index contributed by atoms with van der Waals surface area (Å²) in [6, 6.07) is 0.770. The molecule has 0 spiro atoms. The minimum atomic E-state index is 0.